The molecule has 1 aromatic rings. The second-order valence-electron chi connectivity index (χ2n) is 5.72. The Bertz CT molecular complexity index is 389. The largest absolute Gasteiger partial charge is 0.298 e. The molecule has 0 aromatic carbocycles. The van der Waals surface area contributed by atoms with E-state index >= 15 is 0 Å². The van der Waals surface area contributed by atoms with Crippen LogP contribution in [-0.4, -0.2) is 12.0 Å². The summed E-state index contributed by atoms with van der Waals surface area (Å²) in [4.78, 5) is 4.57. The van der Waals surface area contributed by atoms with Gasteiger partial charge in [-0.25, -0.2) is 10.8 Å². The minimum Gasteiger partial charge on any atom is -0.298 e. The number of hydrazine groups is 1. The molecule has 0 aliphatic rings. The third-order valence-electron chi connectivity index (χ3n) is 2.87. The Balaban J connectivity index is 3.46. The molecule has 0 amide bonds. The van der Waals surface area contributed by atoms with E-state index in [0.29, 0.717) is 0 Å². The molecule has 3 nitrogen and oxygen atoms in total. The van der Waals surface area contributed by atoms with Gasteiger partial charge in [0, 0.05) is 12.7 Å². The smallest absolute Gasteiger partial charge is 0.146 e. The lowest BCUT2D eigenvalue weighted by Gasteiger charge is -2.27. The van der Waals surface area contributed by atoms with E-state index in [0.717, 1.165) is 24.4 Å². The molecule has 2 N–H and O–H groups in total. The van der Waals surface area contributed by atoms with Crippen molar-refractivity contribution in [1.82, 2.24) is 4.98 Å². The van der Waals surface area contributed by atoms with E-state index in [-0.39, 0.29) is 5.41 Å². The SMILES string of the molecule is CCCc1c(C(C)(C)C)cc(C)nc1N(C)N. The Labute approximate surface area is 105 Å². The fourth-order valence-electron chi connectivity index (χ4n) is 2.14. The first kappa shape index (κ1) is 14.0. The number of pyridine rings is 1. The molecule has 0 aliphatic heterocycles. The number of hydrogen-bond acceptors (Lipinski definition) is 3. The van der Waals surface area contributed by atoms with Gasteiger partial charge in [-0.05, 0) is 36.0 Å². The first-order valence-electron chi connectivity index (χ1n) is 6.26. The predicted molar refractivity (Wildman–Crippen MR) is 74.3 cm³/mol. The summed E-state index contributed by atoms with van der Waals surface area (Å²) in [6.45, 7) is 10.9. The predicted octanol–water partition coefficient (Wildman–Crippen LogP) is 2.95. The second-order valence-corrected chi connectivity index (χ2v) is 5.72. The van der Waals surface area contributed by atoms with Gasteiger partial charge in [0.15, 0.2) is 0 Å². The van der Waals surface area contributed by atoms with Gasteiger partial charge in [-0.15, -0.1) is 0 Å². The number of nitrogens with zero attached hydrogens (tertiary/aromatic N) is 2. The summed E-state index contributed by atoms with van der Waals surface area (Å²) >= 11 is 0. The summed E-state index contributed by atoms with van der Waals surface area (Å²) in [7, 11) is 1.85. The van der Waals surface area contributed by atoms with E-state index in [2.05, 4.69) is 38.7 Å². The molecule has 1 heterocycles. The molecule has 0 bridgehead atoms. The lowest BCUT2D eigenvalue weighted by molar-refractivity contribution is 0.578. The van der Waals surface area contributed by atoms with Crippen molar-refractivity contribution < 1.29 is 0 Å². The Hall–Kier alpha value is -1.09. The third-order valence-corrected chi connectivity index (χ3v) is 2.87. The number of aryl methyl sites for hydroxylation is 1. The van der Waals surface area contributed by atoms with Crippen molar-refractivity contribution in [2.45, 2.75) is 52.9 Å². The highest BCUT2D eigenvalue weighted by Crippen LogP contribution is 2.31. The van der Waals surface area contributed by atoms with Crippen LogP contribution in [0.2, 0.25) is 0 Å². The normalized spacial score (nSPS) is 11.7. The van der Waals surface area contributed by atoms with Crippen molar-refractivity contribution in [1.29, 1.82) is 0 Å². The van der Waals surface area contributed by atoms with E-state index in [1.54, 1.807) is 5.01 Å². The second kappa shape index (κ2) is 5.05. The first-order chi connectivity index (χ1) is 7.77. The van der Waals surface area contributed by atoms with Crippen LogP contribution in [0.5, 0.6) is 0 Å². The summed E-state index contributed by atoms with van der Waals surface area (Å²) < 4.78 is 0. The molecule has 1 aromatic heterocycles. The number of anilines is 1. The molecular weight excluding hydrogens is 210 g/mol. The molecule has 0 aliphatic carbocycles. The number of rotatable bonds is 3. The molecule has 0 atom stereocenters. The number of nitrogens with two attached hydrogens (primary N) is 1. The van der Waals surface area contributed by atoms with Crippen molar-refractivity contribution >= 4 is 5.82 Å². The molecular formula is C14H25N3. The molecule has 0 fully saturated rings. The van der Waals surface area contributed by atoms with E-state index in [1.165, 1.54) is 11.1 Å². The summed E-state index contributed by atoms with van der Waals surface area (Å²) in [6, 6.07) is 2.19. The zero-order chi connectivity index (χ0) is 13.2. The van der Waals surface area contributed by atoms with Crippen molar-refractivity contribution in [2.24, 2.45) is 5.84 Å². The summed E-state index contributed by atoms with van der Waals surface area (Å²) in [5, 5.41) is 1.63. The maximum absolute atomic E-state index is 5.90. The highest BCUT2D eigenvalue weighted by Gasteiger charge is 2.22. The maximum Gasteiger partial charge on any atom is 0.146 e. The monoisotopic (exact) mass is 235 g/mol. The average molecular weight is 235 g/mol. The topological polar surface area (TPSA) is 42.2 Å². The molecule has 17 heavy (non-hydrogen) atoms. The molecule has 96 valence electrons. The van der Waals surface area contributed by atoms with Crippen molar-refractivity contribution in [2.75, 3.05) is 12.1 Å². The van der Waals surface area contributed by atoms with Crippen LogP contribution in [-0.2, 0) is 11.8 Å². The highest BCUT2D eigenvalue weighted by atomic mass is 15.4. The van der Waals surface area contributed by atoms with Crippen LogP contribution in [0.3, 0.4) is 0 Å². The molecule has 0 saturated heterocycles. The van der Waals surface area contributed by atoms with Crippen molar-refractivity contribution in [3.63, 3.8) is 0 Å². The fourth-order valence-corrected chi connectivity index (χ4v) is 2.14. The van der Waals surface area contributed by atoms with Crippen LogP contribution in [0.4, 0.5) is 5.82 Å². The Morgan fingerprint density at radius 1 is 1.35 bits per heavy atom. The number of aromatic nitrogens is 1. The Kier molecular flexibility index (Phi) is 4.15. The van der Waals surface area contributed by atoms with E-state index < -0.39 is 0 Å². The minimum absolute atomic E-state index is 0.128. The van der Waals surface area contributed by atoms with Crippen molar-refractivity contribution in [3.8, 4) is 0 Å². The van der Waals surface area contributed by atoms with Gasteiger partial charge in [0.2, 0.25) is 0 Å². The van der Waals surface area contributed by atoms with Gasteiger partial charge in [-0.3, -0.25) is 5.01 Å². The molecule has 0 radical (unpaired) electrons. The van der Waals surface area contributed by atoms with Crippen LogP contribution in [0, 0.1) is 6.92 Å². The van der Waals surface area contributed by atoms with Gasteiger partial charge in [0.25, 0.3) is 0 Å². The minimum atomic E-state index is 0.128. The van der Waals surface area contributed by atoms with Crippen molar-refractivity contribution in [3.05, 3.63) is 22.9 Å². The van der Waals surface area contributed by atoms with Gasteiger partial charge in [-0.1, -0.05) is 34.1 Å². The van der Waals surface area contributed by atoms with Gasteiger partial charge in [0.1, 0.15) is 5.82 Å². The van der Waals surface area contributed by atoms with E-state index in [1.807, 2.05) is 14.0 Å². The standard InChI is InChI=1S/C14H25N3/c1-7-8-11-12(14(3,4)5)9-10(2)16-13(11)17(6)15/h9H,7-8,15H2,1-6H3. The molecule has 0 spiro atoms. The Morgan fingerprint density at radius 3 is 2.35 bits per heavy atom. The third kappa shape index (κ3) is 3.19. The van der Waals surface area contributed by atoms with Gasteiger partial charge in [0.05, 0.1) is 0 Å². The number of hydrogen-bond donors (Lipinski definition) is 1. The summed E-state index contributed by atoms with van der Waals surface area (Å²) in [5.41, 5.74) is 3.81. The van der Waals surface area contributed by atoms with Crippen LogP contribution in [0.25, 0.3) is 0 Å². The maximum atomic E-state index is 5.90. The molecule has 0 saturated carbocycles. The molecule has 1 rings (SSSR count). The fraction of sp³-hybridized carbons (Fsp3) is 0.643. The zero-order valence-corrected chi connectivity index (χ0v) is 12.0. The van der Waals surface area contributed by atoms with Gasteiger partial charge < -0.3 is 0 Å². The molecule has 3 heteroatoms. The van der Waals surface area contributed by atoms with Crippen LogP contribution in [0.15, 0.2) is 6.07 Å². The van der Waals surface area contributed by atoms with Gasteiger partial charge >= 0.3 is 0 Å². The summed E-state index contributed by atoms with van der Waals surface area (Å²) in [6.07, 6.45) is 2.13. The summed E-state index contributed by atoms with van der Waals surface area (Å²) in [5.74, 6) is 6.81. The average Bonchev–Trinajstić information content (AvgIpc) is 2.18. The lowest BCUT2D eigenvalue weighted by Crippen LogP contribution is -2.29. The first-order valence-corrected chi connectivity index (χ1v) is 6.26. The van der Waals surface area contributed by atoms with Crippen LogP contribution >= 0.6 is 0 Å². The van der Waals surface area contributed by atoms with E-state index in [9.17, 15) is 0 Å². The van der Waals surface area contributed by atoms with Crippen LogP contribution in [0.1, 0.15) is 50.9 Å². The zero-order valence-electron chi connectivity index (χ0n) is 12.0. The Morgan fingerprint density at radius 2 is 1.94 bits per heavy atom. The van der Waals surface area contributed by atoms with Gasteiger partial charge in [-0.2, -0.15) is 0 Å². The van der Waals surface area contributed by atoms with Crippen LogP contribution < -0.4 is 10.9 Å². The lowest BCUT2D eigenvalue weighted by atomic mass is 9.82. The van der Waals surface area contributed by atoms with E-state index in [4.69, 9.17) is 5.84 Å². The molecule has 0 unspecified atom stereocenters. The highest BCUT2D eigenvalue weighted by molar-refractivity contribution is 5.52. The quantitative estimate of drug-likeness (QED) is 0.647.